The Kier molecular flexibility index (Phi) is 7.86. The van der Waals surface area contributed by atoms with Gasteiger partial charge < -0.3 is 19.8 Å². The fourth-order valence-electron chi connectivity index (χ4n) is 3.90. The summed E-state index contributed by atoms with van der Waals surface area (Å²) in [6.45, 7) is 2.82. The molecule has 2 N–H and O–H groups in total. The number of pyridine rings is 1. The third-order valence-corrected chi connectivity index (χ3v) is 5.94. The number of aliphatic imine (C=N–C) groups is 1. The molecule has 0 spiro atoms. The highest BCUT2D eigenvalue weighted by Crippen LogP contribution is 2.26. The molecule has 2 heterocycles. The van der Waals surface area contributed by atoms with Gasteiger partial charge in [0.15, 0.2) is 18.1 Å². The van der Waals surface area contributed by atoms with Crippen molar-refractivity contribution < 1.29 is 19.7 Å². The van der Waals surface area contributed by atoms with Crippen LogP contribution in [0.4, 0.5) is 0 Å². The van der Waals surface area contributed by atoms with Crippen LogP contribution < -0.4 is 0 Å². The highest BCUT2D eigenvalue weighted by atomic mass is 35.5. The zero-order chi connectivity index (χ0) is 20.8. The Balaban J connectivity index is 1.82. The van der Waals surface area contributed by atoms with Gasteiger partial charge in [0.1, 0.15) is 11.8 Å². The minimum atomic E-state index is -1.38. The lowest BCUT2D eigenvalue weighted by Crippen LogP contribution is -2.58. The highest BCUT2D eigenvalue weighted by Gasteiger charge is 2.43. The van der Waals surface area contributed by atoms with Crippen LogP contribution in [0, 0.1) is 5.92 Å². The van der Waals surface area contributed by atoms with Crippen molar-refractivity contribution >= 4 is 23.4 Å². The summed E-state index contributed by atoms with van der Waals surface area (Å²) in [4.78, 5) is 23.0. The van der Waals surface area contributed by atoms with E-state index in [1.807, 2.05) is 6.92 Å². The molecule has 0 aromatic carbocycles. The number of aliphatic hydroxyl groups is 2. The molecule has 1 fully saturated rings. The van der Waals surface area contributed by atoms with Crippen molar-refractivity contribution in [1.29, 1.82) is 0 Å². The van der Waals surface area contributed by atoms with Crippen LogP contribution in [0.25, 0.3) is 0 Å². The van der Waals surface area contributed by atoms with Crippen molar-refractivity contribution in [2.75, 3.05) is 13.2 Å². The first-order chi connectivity index (χ1) is 14.0. The normalized spacial score (nSPS) is 25.6. The molecule has 3 rings (SSSR count). The lowest BCUT2D eigenvalue weighted by atomic mass is 9.90. The third kappa shape index (κ3) is 5.27. The van der Waals surface area contributed by atoms with Gasteiger partial charge in [0.25, 0.3) is 0 Å². The summed E-state index contributed by atoms with van der Waals surface area (Å²) in [5.41, 5.74) is 0.376. The molecule has 1 saturated carbocycles. The van der Waals surface area contributed by atoms with E-state index in [4.69, 9.17) is 16.3 Å². The SMILES string of the molecule is CCCCN1C(c2ncccc2Cl)=NC(C(=O)OCC2CCCCC2)C(O)C1O. The zero-order valence-electron chi connectivity index (χ0n) is 16.8. The van der Waals surface area contributed by atoms with Gasteiger partial charge in [-0.1, -0.05) is 44.2 Å². The number of rotatable bonds is 7. The fraction of sp³-hybridized carbons (Fsp3) is 0.667. The Labute approximate surface area is 176 Å². The molecule has 7 nitrogen and oxygen atoms in total. The Hall–Kier alpha value is -1.70. The number of ether oxygens (including phenoxy) is 1. The second-order valence-corrected chi connectivity index (χ2v) is 8.22. The number of hydrogen-bond donors (Lipinski definition) is 2. The number of unbranched alkanes of at least 4 members (excludes halogenated alkanes) is 1. The van der Waals surface area contributed by atoms with Gasteiger partial charge in [-0.2, -0.15) is 0 Å². The van der Waals surface area contributed by atoms with E-state index in [1.54, 1.807) is 23.2 Å². The lowest BCUT2D eigenvalue weighted by molar-refractivity contribution is -0.155. The van der Waals surface area contributed by atoms with E-state index < -0.39 is 24.3 Å². The number of halogens is 1. The van der Waals surface area contributed by atoms with Gasteiger partial charge in [-0.25, -0.2) is 9.79 Å². The first-order valence-electron chi connectivity index (χ1n) is 10.5. The Morgan fingerprint density at radius 2 is 2.07 bits per heavy atom. The summed E-state index contributed by atoms with van der Waals surface area (Å²) in [5, 5.41) is 21.7. The van der Waals surface area contributed by atoms with Crippen molar-refractivity contribution in [2.24, 2.45) is 10.9 Å². The Morgan fingerprint density at radius 3 is 2.76 bits per heavy atom. The lowest BCUT2D eigenvalue weighted by Gasteiger charge is -2.39. The van der Waals surface area contributed by atoms with Gasteiger partial charge in [-0.05, 0) is 37.3 Å². The number of hydrogen-bond acceptors (Lipinski definition) is 7. The molecule has 2 aliphatic rings. The minimum absolute atomic E-state index is 0.307. The first kappa shape index (κ1) is 22.0. The van der Waals surface area contributed by atoms with Crippen molar-refractivity contribution in [3.05, 3.63) is 29.0 Å². The van der Waals surface area contributed by atoms with Crippen LogP contribution in [0.2, 0.25) is 5.02 Å². The molecule has 160 valence electrons. The summed E-state index contributed by atoms with van der Waals surface area (Å²) in [7, 11) is 0. The van der Waals surface area contributed by atoms with Crippen molar-refractivity contribution in [3.63, 3.8) is 0 Å². The predicted octanol–water partition coefficient (Wildman–Crippen LogP) is 2.77. The van der Waals surface area contributed by atoms with Crippen LogP contribution >= 0.6 is 11.6 Å². The number of carbonyl (C=O) groups is 1. The molecule has 0 amide bonds. The molecule has 0 radical (unpaired) electrons. The first-order valence-corrected chi connectivity index (χ1v) is 10.9. The summed E-state index contributed by atoms with van der Waals surface area (Å²) in [5.74, 6) is 0.0383. The van der Waals surface area contributed by atoms with E-state index in [0.717, 1.165) is 38.5 Å². The van der Waals surface area contributed by atoms with E-state index >= 15 is 0 Å². The van der Waals surface area contributed by atoms with Crippen LogP contribution in [0.5, 0.6) is 0 Å². The second-order valence-electron chi connectivity index (χ2n) is 7.82. The van der Waals surface area contributed by atoms with Gasteiger partial charge in [-0.3, -0.25) is 4.98 Å². The molecular weight excluding hydrogens is 394 g/mol. The minimum Gasteiger partial charge on any atom is -0.464 e. The van der Waals surface area contributed by atoms with Gasteiger partial charge in [0.05, 0.1) is 11.6 Å². The molecule has 3 unspecified atom stereocenters. The smallest absolute Gasteiger partial charge is 0.333 e. The fourth-order valence-corrected chi connectivity index (χ4v) is 4.11. The summed E-state index contributed by atoms with van der Waals surface area (Å²) >= 11 is 6.30. The topological polar surface area (TPSA) is 95.3 Å². The van der Waals surface area contributed by atoms with Gasteiger partial charge in [0.2, 0.25) is 0 Å². The maximum Gasteiger partial charge on any atom is 0.333 e. The predicted molar refractivity (Wildman–Crippen MR) is 111 cm³/mol. The van der Waals surface area contributed by atoms with Gasteiger partial charge in [0, 0.05) is 12.7 Å². The van der Waals surface area contributed by atoms with Crippen LogP contribution in [0.3, 0.4) is 0 Å². The number of aromatic nitrogens is 1. The summed E-state index contributed by atoms with van der Waals surface area (Å²) in [6.07, 6.45) is 6.22. The molecule has 1 aliphatic carbocycles. The number of carbonyl (C=O) groups excluding carboxylic acids is 1. The van der Waals surface area contributed by atoms with E-state index in [0.29, 0.717) is 35.6 Å². The average molecular weight is 424 g/mol. The molecule has 3 atom stereocenters. The van der Waals surface area contributed by atoms with E-state index in [-0.39, 0.29) is 0 Å². The molecule has 0 bridgehead atoms. The summed E-state index contributed by atoms with van der Waals surface area (Å²) < 4.78 is 5.48. The van der Waals surface area contributed by atoms with Crippen molar-refractivity contribution in [2.45, 2.75) is 70.2 Å². The molecule has 1 aliphatic heterocycles. The molecule has 8 heteroatoms. The Morgan fingerprint density at radius 1 is 1.31 bits per heavy atom. The number of esters is 1. The quantitative estimate of drug-likeness (QED) is 0.655. The monoisotopic (exact) mass is 423 g/mol. The van der Waals surface area contributed by atoms with Crippen LogP contribution in [-0.2, 0) is 9.53 Å². The van der Waals surface area contributed by atoms with E-state index in [9.17, 15) is 15.0 Å². The molecule has 29 heavy (non-hydrogen) atoms. The van der Waals surface area contributed by atoms with Gasteiger partial charge in [-0.15, -0.1) is 0 Å². The standard InChI is InChI=1S/C21H30ClN3O4/c1-2-3-12-25-19(16-15(22)10-7-11-23-16)24-17(18(26)20(25)27)21(28)29-13-14-8-5-4-6-9-14/h7,10-11,14,17-18,20,26-27H,2-6,8-9,12-13H2,1H3. The molecular formula is C21H30ClN3O4. The Bertz CT molecular complexity index is 724. The average Bonchev–Trinajstić information content (AvgIpc) is 2.74. The maximum absolute atomic E-state index is 12.7. The zero-order valence-corrected chi connectivity index (χ0v) is 17.6. The highest BCUT2D eigenvalue weighted by molar-refractivity contribution is 6.33. The second kappa shape index (κ2) is 10.4. The van der Waals surface area contributed by atoms with Gasteiger partial charge >= 0.3 is 5.97 Å². The largest absolute Gasteiger partial charge is 0.464 e. The van der Waals surface area contributed by atoms with Crippen LogP contribution in [-0.4, -0.2) is 63.4 Å². The summed E-state index contributed by atoms with van der Waals surface area (Å²) in [6, 6.07) is 2.17. The molecule has 1 aromatic rings. The number of nitrogens with zero attached hydrogens (tertiary/aromatic N) is 3. The van der Waals surface area contributed by atoms with Crippen molar-refractivity contribution in [3.8, 4) is 0 Å². The molecule has 0 saturated heterocycles. The molecule has 1 aromatic heterocycles. The van der Waals surface area contributed by atoms with E-state index in [1.165, 1.54) is 6.42 Å². The third-order valence-electron chi connectivity index (χ3n) is 5.63. The number of aliphatic hydroxyl groups excluding tert-OH is 2. The number of amidine groups is 1. The van der Waals surface area contributed by atoms with E-state index in [2.05, 4.69) is 9.98 Å². The maximum atomic E-state index is 12.7. The van der Waals surface area contributed by atoms with Crippen LogP contribution in [0.15, 0.2) is 23.3 Å². The van der Waals surface area contributed by atoms with Crippen molar-refractivity contribution in [1.82, 2.24) is 9.88 Å². The van der Waals surface area contributed by atoms with Crippen LogP contribution in [0.1, 0.15) is 57.6 Å².